The number of hydrogen-bond donors (Lipinski definition) is 0. The van der Waals surface area contributed by atoms with Gasteiger partial charge in [0, 0.05) is 73.1 Å². The molecule has 1 heterocycles. The van der Waals surface area contributed by atoms with Crippen LogP contribution >= 0.6 is 0 Å². The third-order valence-corrected chi connectivity index (χ3v) is 8.81. The van der Waals surface area contributed by atoms with Crippen LogP contribution in [0, 0.1) is 0 Å². The van der Waals surface area contributed by atoms with E-state index in [4.69, 9.17) is 9.97 Å². The van der Waals surface area contributed by atoms with Gasteiger partial charge in [-0.15, -0.1) is 0 Å². The van der Waals surface area contributed by atoms with Crippen LogP contribution in [0.1, 0.15) is 0 Å². The average Bonchev–Trinajstić information content (AvgIpc) is 3.38. The van der Waals surface area contributed by atoms with E-state index in [1.807, 2.05) is 24.3 Å². The molecule has 0 atom stereocenters. The summed E-state index contributed by atoms with van der Waals surface area (Å²) < 4.78 is 0. The minimum atomic E-state index is 0.925. The molecule has 0 unspecified atom stereocenters. The van der Waals surface area contributed by atoms with E-state index < -0.39 is 0 Å². The summed E-state index contributed by atoms with van der Waals surface area (Å²) in [5.41, 5.74) is 14.2. The van der Waals surface area contributed by atoms with Crippen molar-refractivity contribution in [3.63, 3.8) is 0 Å². The molecule has 0 bridgehead atoms. The fourth-order valence-electron chi connectivity index (χ4n) is 6.47. The van der Waals surface area contributed by atoms with Gasteiger partial charge < -0.3 is 14.7 Å². The minimum absolute atomic E-state index is 0.925. The lowest BCUT2D eigenvalue weighted by Crippen LogP contribution is -2.12. The molecular formula is C40H33N5. The predicted octanol–water partition coefficient (Wildman–Crippen LogP) is 9.70. The zero-order valence-electron chi connectivity index (χ0n) is 25.9. The molecule has 7 aromatic rings. The van der Waals surface area contributed by atoms with Crippen LogP contribution in [-0.4, -0.2) is 38.2 Å². The molecule has 0 N–H and O–H groups in total. The largest absolute Gasteiger partial charge is 0.378 e. The van der Waals surface area contributed by atoms with Crippen LogP contribution in [0.4, 0.5) is 28.4 Å². The Hall–Kier alpha value is -5.68. The van der Waals surface area contributed by atoms with Crippen molar-refractivity contribution in [2.75, 3.05) is 42.9 Å². The zero-order valence-corrected chi connectivity index (χ0v) is 25.9. The molecule has 45 heavy (non-hydrogen) atoms. The topological polar surface area (TPSA) is 35.5 Å². The second-order valence-corrected chi connectivity index (χ2v) is 12.0. The molecule has 8 rings (SSSR count). The summed E-state index contributed by atoms with van der Waals surface area (Å²) in [5, 5.41) is 2.45. The van der Waals surface area contributed by atoms with Crippen molar-refractivity contribution in [3.05, 3.63) is 127 Å². The smallest absolute Gasteiger partial charge is 0.0979 e. The molecule has 0 aliphatic heterocycles. The van der Waals surface area contributed by atoms with E-state index in [9.17, 15) is 0 Å². The Morgan fingerprint density at radius 3 is 1.36 bits per heavy atom. The van der Waals surface area contributed by atoms with E-state index in [0.717, 1.165) is 50.6 Å². The van der Waals surface area contributed by atoms with Gasteiger partial charge >= 0.3 is 0 Å². The third-order valence-electron chi connectivity index (χ3n) is 8.81. The molecule has 1 aliphatic carbocycles. The molecule has 5 nitrogen and oxygen atoms in total. The van der Waals surface area contributed by atoms with E-state index in [2.05, 4.69) is 146 Å². The Balaban J connectivity index is 1.21. The highest BCUT2D eigenvalue weighted by atomic mass is 15.1. The molecule has 0 fully saturated rings. The standard InChI is InChI=1S/C40H33N5/c1-43(2)27-16-20-30(21-17-27)45(31-22-18-28(19-23-31)44(3)4)29-14-12-26(13-15-29)32-24-25-35-38-33(32)8-7-9-34(38)39-40(35)42-37-11-6-5-10-36(37)41-39/h5-25H,1-4H3. The maximum atomic E-state index is 5.04. The average molecular weight is 584 g/mol. The minimum Gasteiger partial charge on any atom is -0.378 e. The van der Waals surface area contributed by atoms with E-state index in [1.165, 1.54) is 33.3 Å². The molecule has 0 spiro atoms. The van der Waals surface area contributed by atoms with E-state index in [-0.39, 0.29) is 0 Å². The van der Waals surface area contributed by atoms with Gasteiger partial charge in [-0.05, 0) is 89.3 Å². The van der Waals surface area contributed by atoms with Gasteiger partial charge in [0.2, 0.25) is 0 Å². The van der Waals surface area contributed by atoms with Crippen molar-refractivity contribution >= 4 is 50.2 Å². The first kappa shape index (κ1) is 26.9. The molecule has 0 amide bonds. The quantitative estimate of drug-likeness (QED) is 0.195. The highest BCUT2D eigenvalue weighted by molar-refractivity contribution is 6.17. The first-order chi connectivity index (χ1) is 22.0. The molecule has 218 valence electrons. The van der Waals surface area contributed by atoms with Crippen molar-refractivity contribution < 1.29 is 0 Å². The molecule has 1 aliphatic rings. The summed E-state index contributed by atoms with van der Waals surface area (Å²) in [6.45, 7) is 0. The first-order valence-electron chi connectivity index (χ1n) is 15.2. The van der Waals surface area contributed by atoms with Crippen molar-refractivity contribution in [2.24, 2.45) is 0 Å². The van der Waals surface area contributed by atoms with E-state index in [0.29, 0.717) is 0 Å². The maximum absolute atomic E-state index is 5.04. The van der Waals surface area contributed by atoms with Crippen LogP contribution in [0.5, 0.6) is 0 Å². The number of rotatable bonds is 6. The number of hydrogen-bond acceptors (Lipinski definition) is 5. The second-order valence-electron chi connectivity index (χ2n) is 12.0. The van der Waals surface area contributed by atoms with Gasteiger partial charge in [-0.3, -0.25) is 0 Å². The summed E-state index contributed by atoms with van der Waals surface area (Å²) >= 11 is 0. The monoisotopic (exact) mass is 583 g/mol. The summed E-state index contributed by atoms with van der Waals surface area (Å²) in [6.07, 6.45) is 0. The van der Waals surface area contributed by atoms with E-state index in [1.54, 1.807) is 0 Å². The summed E-state index contributed by atoms with van der Waals surface area (Å²) in [5.74, 6) is 0. The maximum Gasteiger partial charge on any atom is 0.0979 e. The lowest BCUT2D eigenvalue weighted by molar-refractivity contribution is 1.13. The fraction of sp³-hybridized carbons (Fsp3) is 0.100. The number of fused-ring (bicyclic) bond motifs is 4. The molecule has 0 radical (unpaired) electrons. The summed E-state index contributed by atoms with van der Waals surface area (Å²) in [6, 6.07) is 45.5. The fourth-order valence-corrected chi connectivity index (χ4v) is 6.47. The summed E-state index contributed by atoms with van der Waals surface area (Å²) in [7, 11) is 8.28. The molecule has 1 aromatic heterocycles. The lowest BCUT2D eigenvalue weighted by Gasteiger charge is -2.27. The second kappa shape index (κ2) is 10.5. The van der Waals surface area contributed by atoms with Gasteiger partial charge in [0.15, 0.2) is 0 Å². The van der Waals surface area contributed by atoms with Gasteiger partial charge in [0.25, 0.3) is 0 Å². The Kier molecular flexibility index (Phi) is 6.27. The normalized spacial score (nSPS) is 11.6. The van der Waals surface area contributed by atoms with Crippen LogP contribution in [0.2, 0.25) is 0 Å². The predicted molar refractivity (Wildman–Crippen MR) is 190 cm³/mol. The molecule has 5 heteroatoms. The van der Waals surface area contributed by atoms with Crippen LogP contribution in [0.3, 0.4) is 0 Å². The number of aromatic nitrogens is 2. The molecule has 6 aromatic carbocycles. The van der Waals surface area contributed by atoms with Gasteiger partial charge in [-0.1, -0.05) is 54.6 Å². The third kappa shape index (κ3) is 4.47. The number of anilines is 5. The Morgan fingerprint density at radius 1 is 0.400 bits per heavy atom. The van der Waals surface area contributed by atoms with Crippen molar-refractivity contribution in [3.8, 4) is 33.6 Å². The van der Waals surface area contributed by atoms with Gasteiger partial charge in [-0.2, -0.15) is 0 Å². The first-order valence-corrected chi connectivity index (χ1v) is 15.2. The highest BCUT2D eigenvalue weighted by Gasteiger charge is 2.26. The Bertz CT molecular complexity index is 2100. The van der Waals surface area contributed by atoms with Crippen molar-refractivity contribution in [1.29, 1.82) is 0 Å². The van der Waals surface area contributed by atoms with Crippen LogP contribution < -0.4 is 14.7 Å². The Morgan fingerprint density at radius 2 is 0.844 bits per heavy atom. The van der Waals surface area contributed by atoms with E-state index >= 15 is 0 Å². The van der Waals surface area contributed by atoms with Gasteiger partial charge in [-0.25, -0.2) is 9.97 Å². The Labute approximate surface area is 263 Å². The van der Waals surface area contributed by atoms with Crippen molar-refractivity contribution in [1.82, 2.24) is 9.97 Å². The SMILES string of the molecule is CN(C)c1ccc(N(c2ccc(-c3ccc4c5c(cccc35)-c3nc5ccccc5nc3-4)cc2)c2ccc(N(C)C)cc2)cc1. The van der Waals surface area contributed by atoms with Crippen LogP contribution in [-0.2, 0) is 0 Å². The molecule has 0 saturated carbocycles. The van der Waals surface area contributed by atoms with Crippen LogP contribution in [0.15, 0.2) is 127 Å². The van der Waals surface area contributed by atoms with Gasteiger partial charge in [0.1, 0.15) is 0 Å². The number of para-hydroxylation sites is 2. The number of benzene rings is 6. The van der Waals surface area contributed by atoms with Crippen molar-refractivity contribution in [2.45, 2.75) is 0 Å². The zero-order chi connectivity index (χ0) is 30.7. The van der Waals surface area contributed by atoms with Crippen LogP contribution in [0.25, 0.3) is 55.4 Å². The lowest BCUT2D eigenvalue weighted by atomic mass is 9.94. The number of nitrogens with zero attached hydrogens (tertiary/aromatic N) is 5. The molecule has 0 saturated heterocycles. The highest BCUT2D eigenvalue weighted by Crippen LogP contribution is 2.48. The molecular weight excluding hydrogens is 550 g/mol. The summed E-state index contributed by atoms with van der Waals surface area (Å²) in [4.78, 5) is 16.7. The van der Waals surface area contributed by atoms with Gasteiger partial charge in [0.05, 0.1) is 22.4 Å².